The van der Waals surface area contributed by atoms with Gasteiger partial charge in [-0.05, 0) is 78.3 Å². The molecule has 2 aromatic heterocycles. The van der Waals surface area contributed by atoms with Crippen LogP contribution in [0.2, 0.25) is 0 Å². The molecule has 0 aliphatic heterocycles. The molecule has 61 heavy (non-hydrogen) atoms. The Morgan fingerprint density at radius 2 is 0.885 bits per heavy atom. The molecule has 12 aromatic rings. The van der Waals surface area contributed by atoms with Gasteiger partial charge in [-0.25, -0.2) is 9.97 Å². The van der Waals surface area contributed by atoms with E-state index in [1.165, 1.54) is 43.4 Å². The number of benzene rings is 10. The number of hydrogen-bond donors (Lipinski definition) is 0. The van der Waals surface area contributed by atoms with Gasteiger partial charge in [-0.2, -0.15) is 0 Å². The Labute approximate surface area is 352 Å². The summed E-state index contributed by atoms with van der Waals surface area (Å²) in [7, 11) is 0. The minimum atomic E-state index is 0.679. The van der Waals surface area contributed by atoms with Crippen molar-refractivity contribution in [1.29, 1.82) is 0 Å². The summed E-state index contributed by atoms with van der Waals surface area (Å²) < 4.78 is 6.51. The third-order valence-corrected chi connectivity index (χ3v) is 12.1. The van der Waals surface area contributed by atoms with Crippen molar-refractivity contribution in [2.45, 2.75) is 0 Å². The molecule has 0 radical (unpaired) electrons. The summed E-state index contributed by atoms with van der Waals surface area (Å²) in [4.78, 5) is 10.4. The van der Waals surface area contributed by atoms with Gasteiger partial charge in [-0.1, -0.05) is 200 Å². The molecule has 0 aliphatic carbocycles. The summed E-state index contributed by atoms with van der Waals surface area (Å²) in [5.41, 5.74) is 13.3. The second-order valence-electron chi connectivity index (χ2n) is 15.7. The Kier molecular flexibility index (Phi) is 8.17. The Morgan fingerprint density at radius 3 is 1.69 bits per heavy atom. The second-order valence-corrected chi connectivity index (χ2v) is 15.7. The van der Waals surface area contributed by atoms with E-state index in [0.29, 0.717) is 5.82 Å². The zero-order valence-corrected chi connectivity index (χ0v) is 33.1. The van der Waals surface area contributed by atoms with Gasteiger partial charge in [0.25, 0.3) is 0 Å². The average molecular weight is 777 g/mol. The van der Waals surface area contributed by atoms with E-state index in [9.17, 15) is 0 Å². The quantitative estimate of drug-likeness (QED) is 0.125. The van der Waals surface area contributed by atoms with Crippen LogP contribution in [-0.2, 0) is 0 Å². The van der Waals surface area contributed by atoms with E-state index in [1.54, 1.807) is 0 Å². The maximum absolute atomic E-state index is 6.51. The van der Waals surface area contributed by atoms with E-state index in [2.05, 4.69) is 188 Å². The number of furan rings is 1. The van der Waals surface area contributed by atoms with Crippen LogP contribution in [0, 0.1) is 0 Å². The van der Waals surface area contributed by atoms with Crippen molar-refractivity contribution in [1.82, 2.24) is 9.97 Å². The summed E-state index contributed by atoms with van der Waals surface area (Å²) in [5, 5.41) is 9.80. The van der Waals surface area contributed by atoms with E-state index in [4.69, 9.17) is 14.4 Å². The first kappa shape index (κ1) is 34.9. The fourth-order valence-corrected chi connectivity index (χ4v) is 9.14. The third kappa shape index (κ3) is 5.98. The van der Waals surface area contributed by atoms with Crippen LogP contribution in [0.1, 0.15) is 0 Å². The summed E-state index contributed by atoms with van der Waals surface area (Å²) in [5.74, 6) is 0.679. The van der Waals surface area contributed by atoms with Crippen LogP contribution in [0.5, 0.6) is 0 Å². The van der Waals surface area contributed by atoms with Crippen LogP contribution in [0.3, 0.4) is 0 Å². The second kappa shape index (κ2) is 14.3. The molecule has 0 saturated heterocycles. The Morgan fingerprint density at radius 1 is 0.295 bits per heavy atom. The molecule has 10 aromatic carbocycles. The first-order valence-electron chi connectivity index (χ1n) is 20.7. The fraction of sp³-hybridized carbons (Fsp3) is 0. The molecule has 2 heterocycles. The number of fused-ring (bicyclic) bond motifs is 7. The van der Waals surface area contributed by atoms with Crippen molar-refractivity contribution in [3.05, 3.63) is 218 Å². The van der Waals surface area contributed by atoms with E-state index in [1.807, 2.05) is 30.3 Å². The number of para-hydroxylation sites is 2. The molecule has 0 saturated carbocycles. The lowest BCUT2D eigenvalue weighted by molar-refractivity contribution is 0.670. The predicted octanol–water partition coefficient (Wildman–Crippen LogP) is 15.8. The highest BCUT2D eigenvalue weighted by atomic mass is 16.3. The third-order valence-electron chi connectivity index (χ3n) is 12.1. The van der Waals surface area contributed by atoms with Gasteiger partial charge in [0.1, 0.15) is 11.2 Å². The summed E-state index contributed by atoms with van der Waals surface area (Å²) in [6.45, 7) is 0. The van der Waals surface area contributed by atoms with Crippen molar-refractivity contribution in [2.75, 3.05) is 0 Å². The standard InChI is InChI=1S/C58H36N2O/c1-2-14-42(15-3-1)58-59-53(36-54(60-58)47-20-9-8-19-46(47)50-22-12-23-51-48-21-10-11-24-55(48)61-57(50)51)40-29-25-37(26-30-40)38-27-31-41(32-28-38)56-45-18-7-5-16-43(45)35-52-44-17-6-4-13-39(44)33-34-49(52)56/h1-36H. The highest BCUT2D eigenvalue weighted by Gasteiger charge is 2.18. The van der Waals surface area contributed by atoms with Gasteiger partial charge in [-0.15, -0.1) is 0 Å². The van der Waals surface area contributed by atoms with Gasteiger partial charge in [0, 0.05) is 33.0 Å². The van der Waals surface area contributed by atoms with Crippen LogP contribution in [-0.4, -0.2) is 9.97 Å². The molecule has 0 amide bonds. The molecule has 0 aliphatic rings. The largest absolute Gasteiger partial charge is 0.455 e. The van der Waals surface area contributed by atoms with Crippen LogP contribution in [0.15, 0.2) is 223 Å². The lowest BCUT2D eigenvalue weighted by Gasteiger charge is -2.15. The van der Waals surface area contributed by atoms with Crippen LogP contribution < -0.4 is 0 Å². The lowest BCUT2D eigenvalue weighted by atomic mass is 9.89. The molecule has 0 fully saturated rings. The van der Waals surface area contributed by atoms with E-state index in [-0.39, 0.29) is 0 Å². The fourth-order valence-electron chi connectivity index (χ4n) is 9.14. The van der Waals surface area contributed by atoms with E-state index < -0.39 is 0 Å². The normalized spacial score (nSPS) is 11.6. The molecular formula is C58H36N2O. The first-order valence-corrected chi connectivity index (χ1v) is 20.7. The molecule has 3 heteroatoms. The molecule has 3 nitrogen and oxygen atoms in total. The average Bonchev–Trinajstić information content (AvgIpc) is 3.73. The van der Waals surface area contributed by atoms with E-state index in [0.717, 1.165) is 72.3 Å². The number of aromatic nitrogens is 2. The molecular weight excluding hydrogens is 741 g/mol. The lowest BCUT2D eigenvalue weighted by Crippen LogP contribution is -1.97. The minimum Gasteiger partial charge on any atom is -0.455 e. The van der Waals surface area contributed by atoms with Crippen molar-refractivity contribution in [2.24, 2.45) is 0 Å². The maximum atomic E-state index is 6.51. The van der Waals surface area contributed by atoms with Crippen molar-refractivity contribution in [3.8, 4) is 67.3 Å². The zero-order valence-electron chi connectivity index (χ0n) is 33.1. The number of rotatable bonds is 6. The molecule has 12 rings (SSSR count). The maximum Gasteiger partial charge on any atom is 0.160 e. The van der Waals surface area contributed by atoms with Gasteiger partial charge in [0.2, 0.25) is 0 Å². The first-order chi connectivity index (χ1) is 30.2. The summed E-state index contributed by atoms with van der Waals surface area (Å²) in [6.07, 6.45) is 0. The van der Waals surface area contributed by atoms with Gasteiger partial charge < -0.3 is 4.42 Å². The van der Waals surface area contributed by atoms with Crippen LogP contribution >= 0.6 is 0 Å². The topological polar surface area (TPSA) is 38.9 Å². The van der Waals surface area contributed by atoms with Gasteiger partial charge in [-0.3, -0.25) is 0 Å². The van der Waals surface area contributed by atoms with Crippen LogP contribution in [0.25, 0.3) is 122 Å². The summed E-state index contributed by atoms with van der Waals surface area (Å²) in [6, 6.07) is 77.5. The highest BCUT2D eigenvalue weighted by Crippen LogP contribution is 2.42. The smallest absolute Gasteiger partial charge is 0.160 e. The van der Waals surface area contributed by atoms with Gasteiger partial charge >= 0.3 is 0 Å². The van der Waals surface area contributed by atoms with Crippen molar-refractivity contribution < 1.29 is 4.42 Å². The Balaban J connectivity index is 0.932. The Bertz CT molecular complexity index is 3620. The number of hydrogen-bond acceptors (Lipinski definition) is 3. The monoisotopic (exact) mass is 776 g/mol. The van der Waals surface area contributed by atoms with Crippen molar-refractivity contribution in [3.63, 3.8) is 0 Å². The minimum absolute atomic E-state index is 0.679. The number of nitrogens with zero attached hydrogens (tertiary/aromatic N) is 2. The molecule has 284 valence electrons. The zero-order chi connectivity index (χ0) is 40.3. The summed E-state index contributed by atoms with van der Waals surface area (Å²) >= 11 is 0. The highest BCUT2D eigenvalue weighted by molar-refractivity contribution is 6.20. The van der Waals surface area contributed by atoms with Crippen molar-refractivity contribution >= 4 is 54.3 Å². The molecule has 0 unspecified atom stereocenters. The molecule has 0 atom stereocenters. The molecule has 0 spiro atoms. The van der Waals surface area contributed by atoms with E-state index >= 15 is 0 Å². The van der Waals surface area contributed by atoms with Gasteiger partial charge in [0.05, 0.1) is 11.4 Å². The molecule has 0 bridgehead atoms. The predicted molar refractivity (Wildman–Crippen MR) is 254 cm³/mol. The SMILES string of the molecule is c1ccc(-c2nc(-c3ccc(-c4ccc(-c5c6ccccc6cc6c5ccc5ccccc56)cc4)cc3)cc(-c3ccccc3-c3cccc4c3oc3ccccc34)n2)cc1. The van der Waals surface area contributed by atoms with Crippen LogP contribution in [0.4, 0.5) is 0 Å². The van der Waals surface area contributed by atoms with Gasteiger partial charge in [0.15, 0.2) is 5.82 Å². The molecule has 0 N–H and O–H groups in total. The Hall–Kier alpha value is -8.14.